The van der Waals surface area contributed by atoms with Crippen molar-refractivity contribution < 1.29 is 0 Å². The summed E-state index contributed by atoms with van der Waals surface area (Å²) in [7, 11) is 0. The van der Waals surface area contributed by atoms with Crippen LogP contribution in [-0.2, 0) is 0 Å². The quantitative estimate of drug-likeness (QED) is 0.583. The second-order valence-electron chi connectivity index (χ2n) is 6.01. The summed E-state index contributed by atoms with van der Waals surface area (Å²) in [5.41, 5.74) is 3.74. The van der Waals surface area contributed by atoms with E-state index in [1.807, 2.05) is 0 Å². The van der Waals surface area contributed by atoms with Gasteiger partial charge in [-0.25, -0.2) is 0 Å². The summed E-state index contributed by atoms with van der Waals surface area (Å²) in [6.07, 6.45) is 10.4. The van der Waals surface area contributed by atoms with Crippen LogP contribution in [0, 0.1) is 17.3 Å². The van der Waals surface area contributed by atoms with E-state index >= 15 is 0 Å². The molecule has 0 aromatic rings. The second-order valence-corrected chi connectivity index (χ2v) is 6.01. The highest BCUT2D eigenvalue weighted by molar-refractivity contribution is 5.23. The molecule has 3 atom stereocenters. The minimum absolute atomic E-state index is 0.643. The Morgan fingerprint density at radius 3 is 2.87 bits per heavy atom. The molecule has 0 bridgehead atoms. The fourth-order valence-corrected chi connectivity index (χ4v) is 3.31. The smallest absolute Gasteiger partial charge is 0.0140 e. The van der Waals surface area contributed by atoms with Crippen LogP contribution in [0.5, 0.6) is 0 Å². The molecule has 0 amide bonds. The van der Waals surface area contributed by atoms with Crippen LogP contribution in [0.15, 0.2) is 23.3 Å². The van der Waals surface area contributed by atoms with E-state index in [0.717, 1.165) is 11.8 Å². The van der Waals surface area contributed by atoms with Crippen LogP contribution in [0.4, 0.5) is 0 Å². The molecule has 2 aliphatic carbocycles. The van der Waals surface area contributed by atoms with Gasteiger partial charge in [0.2, 0.25) is 0 Å². The van der Waals surface area contributed by atoms with Gasteiger partial charge in [0.15, 0.2) is 0 Å². The third-order valence-electron chi connectivity index (χ3n) is 4.48. The van der Waals surface area contributed by atoms with Crippen molar-refractivity contribution in [2.75, 3.05) is 0 Å². The molecule has 84 valence electrons. The summed E-state index contributed by atoms with van der Waals surface area (Å²) in [6, 6.07) is 0. The molecule has 0 N–H and O–H groups in total. The van der Waals surface area contributed by atoms with Crippen molar-refractivity contribution >= 4 is 0 Å². The Balaban J connectivity index is 1.92. The maximum atomic E-state index is 2.55. The molecular formula is C15H24. The zero-order valence-electron chi connectivity index (χ0n) is 10.6. The first-order valence-electron chi connectivity index (χ1n) is 6.34. The first-order chi connectivity index (χ1) is 7.04. The Morgan fingerprint density at radius 2 is 2.27 bits per heavy atom. The first-order valence-corrected chi connectivity index (χ1v) is 6.34. The van der Waals surface area contributed by atoms with Gasteiger partial charge in [0.25, 0.3) is 0 Å². The highest BCUT2D eigenvalue weighted by Gasteiger charge is 2.59. The van der Waals surface area contributed by atoms with Crippen LogP contribution >= 0.6 is 0 Å². The van der Waals surface area contributed by atoms with Gasteiger partial charge in [-0.2, -0.15) is 0 Å². The van der Waals surface area contributed by atoms with Crippen LogP contribution < -0.4 is 0 Å². The molecule has 15 heavy (non-hydrogen) atoms. The number of rotatable bonds is 3. The van der Waals surface area contributed by atoms with Gasteiger partial charge in [0.05, 0.1) is 0 Å². The predicted molar refractivity (Wildman–Crippen MR) is 66.7 cm³/mol. The Bertz CT molecular complexity index is 304. The molecule has 0 radical (unpaired) electrons. The summed E-state index contributed by atoms with van der Waals surface area (Å²) in [5, 5.41) is 0. The lowest BCUT2D eigenvalue weighted by Gasteiger charge is -2.08. The SMILES string of the molecule is CC(C)=CCC[C@@]1(C)[C@@H]2C=C(C)CC[C@@H]21. The standard InChI is InChI=1S/C15H24/c1-11(2)6-5-9-15(4)13-8-7-12(3)10-14(13)15/h6,10,13-14H,5,7-9H2,1-4H3/t13-,14+,15+/m0/s1. The monoisotopic (exact) mass is 204 g/mol. The van der Waals surface area contributed by atoms with Crippen LogP contribution in [-0.4, -0.2) is 0 Å². The van der Waals surface area contributed by atoms with E-state index in [4.69, 9.17) is 0 Å². The highest BCUT2D eigenvalue weighted by atomic mass is 14.6. The summed E-state index contributed by atoms with van der Waals surface area (Å²) < 4.78 is 0. The maximum Gasteiger partial charge on any atom is -0.0140 e. The Labute approximate surface area is 94.5 Å². The lowest BCUT2D eigenvalue weighted by Crippen LogP contribution is -1.98. The van der Waals surface area contributed by atoms with Gasteiger partial charge < -0.3 is 0 Å². The largest absolute Gasteiger partial charge is 0.0859 e. The van der Waals surface area contributed by atoms with E-state index in [1.54, 1.807) is 5.57 Å². The molecule has 0 aromatic heterocycles. The van der Waals surface area contributed by atoms with E-state index in [2.05, 4.69) is 39.8 Å². The summed E-state index contributed by atoms with van der Waals surface area (Å²) in [6.45, 7) is 9.19. The van der Waals surface area contributed by atoms with Crippen LogP contribution in [0.1, 0.15) is 53.4 Å². The lowest BCUT2D eigenvalue weighted by molar-refractivity contribution is 0.447. The normalized spacial score (nSPS) is 38.0. The van der Waals surface area contributed by atoms with E-state index in [-0.39, 0.29) is 0 Å². The lowest BCUT2D eigenvalue weighted by atomic mass is 9.96. The fourth-order valence-electron chi connectivity index (χ4n) is 3.31. The summed E-state index contributed by atoms with van der Waals surface area (Å²) in [5.74, 6) is 1.92. The van der Waals surface area contributed by atoms with Crippen molar-refractivity contribution in [1.82, 2.24) is 0 Å². The van der Waals surface area contributed by atoms with Crippen LogP contribution in [0.2, 0.25) is 0 Å². The average Bonchev–Trinajstić information content (AvgIpc) is 2.71. The van der Waals surface area contributed by atoms with E-state index in [1.165, 1.54) is 31.3 Å². The molecule has 0 aromatic carbocycles. The second kappa shape index (κ2) is 3.81. The van der Waals surface area contributed by atoms with Gasteiger partial charge >= 0.3 is 0 Å². The maximum absolute atomic E-state index is 2.55. The van der Waals surface area contributed by atoms with E-state index < -0.39 is 0 Å². The summed E-state index contributed by atoms with van der Waals surface area (Å²) >= 11 is 0. The van der Waals surface area contributed by atoms with Crippen LogP contribution in [0.3, 0.4) is 0 Å². The van der Waals surface area contributed by atoms with E-state index in [9.17, 15) is 0 Å². The highest BCUT2D eigenvalue weighted by Crippen LogP contribution is 2.66. The number of allylic oxidation sites excluding steroid dienone is 4. The number of hydrogen-bond donors (Lipinski definition) is 0. The van der Waals surface area contributed by atoms with Gasteiger partial charge in [0, 0.05) is 0 Å². The Hall–Kier alpha value is -0.520. The molecule has 0 nitrogen and oxygen atoms in total. The summed E-state index contributed by atoms with van der Waals surface area (Å²) in [4.78, 5) is 0. The van der Waals surface area contributed by atoms with Crippen molar-refractivity contribution in [3.8, 4) is 0 Å². The first kappa shape index (κ1) is 11.0. The molecule has 0 unspecified atom stereocenters. The zero-order chi connectivity index (χ0) is 11.1. The third kappa shape index (κ3) is 2.04. The fraction of sp³-hybridized carbons (Fsp3) is 0.733. The zero-order valence-corrected chi connectivity index (χ0v) is 10.6. The molecule has 1 saturated carbocycles. The topological polar surface area (TPSA) is 0 Å². The van der Waals surface area contributed by atoms with Crippen molar-refractivity contribution in [2.45, 2.75) is 53.4 Å². The Morgan fingerprint density at radius 1 is 1.53 bits per heavy atom. The minimum Gasteiger partial charge on any atom is -0.0859 e. The van der Waals surface area contributed by atoms with Gasteiger partial charge in [0.1, 0.15) is 0 Å². The average molecular weight is 204 g/mol. The van der Waals surface area contributed by atoms with Crippen molar-refractivity contribution in [3.05, 3.63) is 23.3 Å². The number of fused-ring (bicyclic) bond motifs is 1. The predicted octanol–water partition coefficient (Wildman–Crippen LogP) is 4.73. The van der Waals surface area contributed by atoms with Gasteiger partial charge in [-0.15, -0.1) is 0 Å². The molecule has 0 saturated heterocycles. The molecule has 0 heteroatoms. The Kier molecular flexibility index (Phi) is 2.79. The van der Waals surface area contributed by atoms with Gasteiger partial charge in [-0.1, -0.05) is 30.2 Å². The molecule has 0 spiro atoms. The van der Waals surface area contributed by atoms with Crippen LogP contribution in [0.25, 0.3) is 0 Å². The molecule has 0 heterocycles. The van der Waals surface area contributed by atoms with Gasteiger partial charge in [-0.05, 0) is 63.7 Å². The molecular weight excluding hydrogens is 180 g/mol. The minimum atomic E-state index is 0.643. The third-order valence-corrected chi connectivity index (χ3v) is 4.48. The van der Waals surface area contributed by atoms with Gasteiger partial charge in [-0.3, -0.25) is 0 Å². The molecule has 2 aliphatic rings. The molecule has 0 aliphatic heterocycles. The van der Waals surface area contributed by atoms with Crippen molar-refractivity contribution in [2.24, 2.45) is 17.3 Å². The van der Waals surface area contributed by atoms with Crippen molar-refractivity contribution in [1.29, 1.82) is 0 Å². The number of hydrogen-bond acceptors (Lipinski definition) is 0. The molecule has 1 fully saturated rings. The molecule has 2 rings (SSSR count). The van der Waals surface area contributed by atoms with E-state index in [0.29, 0.717) is 5.41 Å². The van der Waals surface area contributed by atoms with Crippen molar-refractivity contribution in [3.63, 3.8) is 0 Å².